The number of aliphatic hydroxyl groups excluding tert-OH is 1. The Morgan fingerprint density at radius 2 is 1.85 bits per heavy atom. The van der Waals surface area contributed by atoms with Gasteiger partial charge in [-0.15, -0.1) is 0 Å². The standard InChI is InChI=1S/C23H19F3N4O3S/c24-9-12-1-5-14(6-2-12)34(32,33)30-17-8-7-16(25)19(20(17)26)22(31)15-10-27-23-18(15)21(13-3-4-13)28-11-29-23/h1-2,5-8,10-11,13,22,30-31H,3-4,9H2,(H,27,28,29). The minimum atomic E-state index is -4.26. The van der Waals surface area contributed by atoms with Gasteiger partial charge in [-0.1, -0.05) is 12.1 Å². The summed E-state index contributed by atoms with van der Waals surface area (Å²) in [5.41, 5.74) is 0.348. The lowest BCUT2D eigenvalue weighted by atomic mass is 9.98. The number of alkyl halides is 1. The van der Waals surface area contributed by atoms with Crippen LogP contribution in [0.2, 0.25) is 0 Å². The highest BCUT2D eigenvalue weighted by Crippen LogP contribution is 2.44. The number of nitrogens with zero attached hydrogens (tertiary/aromatic N) is 2. The van der Waals surface area contributed by atoms with Gasteiger partial charge in [0.25, 0.3) is 10.0 Å². The smallest absolute Gasteiger partial charge is 0.261 e. The van der Waals surface area contributed by atoms with Crippen LogP contribution in [-0.2, 0) is 16.7 Å². The average molecular weight is 488 g/mol. The molecule has 3 N–H and O–H groups in total. The Balaban J connectivity index is 1.53. The molecule has 0 spiro atoms. The summed E-state index contributed by atoms with van der Waals surface area (Å²) in [4.78, 5) is 11.1. The molecule has 0 aliphatic heterocycles. The molecular weight excluding hydrogens is 469 g/mol. The van der Waals surface area contributed by atoms with Gasteiger partial charge in [0.05, 0.1) is 21.8 Å². The van der Waals surface area contributed by atoms with E-state index in [0.717, 1.165) is 25.0 Å². The number of hydrogen-bond donors (Lipinski definition) is 3. The van der Waals surface area contributed by atoms with E-state index in [1.54, 1.807) is 0 Å². The Bertz CT molecular complexity index is 1490. The molecule has 0 saturated heterocycles. The predicted molar refractivity (Wildman–Crippen MR) is 118 cm³/mol. The molecule has 5 rings (SSSR count). The van der Waals surface area contributed by atoms with Crippen molar-refractivity contribution in [2.24, 2.45) is 0 Å². The lowest BCUT2D eigenvalue weighted by Crippen LogP contribution is -2.16. The fourth-order valence-corrected chi connectivity index (χ4v) is 4.97. The predicted octanol–water partition coefficient (Wildman–Crippen LogP) is 4.47. The largest absolute Gasteiger partial charge is 0.383 e. The first-order chi connectivity index (χ1) is 16.3. The molecule has 2 aromatic heterocycles. The Labute approximate surface area is 192 Å². The van der Waals surface area contributed by atoms with E-state index in [-0.39, 0.29) is 21.9 Å². The van der Waals surface area contributed by atoms with Crippen LogP contribution in [-0.4, -0.2) is 28.5 Å². The monoisotopic (exact) mass is 488 g/mol. The molecule has 1 fully saturated rings. The molecule has 11 heteroatoms. The molecule has 1 saturated carbocycles. The molecule has 7 nitrogen and oxygen atoms in total. The van der Waals surface area contributed by atoms with Gasteiger partial charge in [0.2, 0.25) is 0 Å². The zero-order chi connectivity index (χ0) is 24.0. The van der Waals surface area contributed by atoms with Crippen LogP contribution in [0.25, 0.3) is 11.0 Å². The topological polar surface area (TPSA) is 108 Å². The maximum atomic E-state index is 15.4. The summed E-state index contributed by atoms with van der Waals surface area (Å²) in [6.45, 7) is -0.761. The maximum Gasteiger partial charge on any atom is 0.261 e. The van der Waals surface area contributed by atoms with E-state index >= 15 is 4.39 Å². The van der Waals surface area contributed by atoms with E-state index in [2.05, 4.69) is 19.7 Å². The van der Waals surface area contributed by atoms with Crippen molar-refractivity contribution in [2.75, 3.05) is 4.72 Å². The SMILES string of the molecule is O=S(=O)(Nc1ccc(F)c(C(O)c2c[nH]c3ncnc(C4CC4)c23)c1F)c1ccc(CF)cc1. The molecule has 1 unspecified atom stereocenters. The van der Waals surface area contributed by atoms with E-state index in [1.165, 1.54) is 36.8 Å². The highest BCUT2D eigenvalue weighted by Gasteiger charge is 2.32. The van der Waals surface area contributed by atoms with E-state index in [9.17, 15) is 22.3 Å². The molecule has 4 aromatic rings. The van der Waals surface area contributed by atoms with Gasteiger partial charge in [0, 0.05) is 23.1 Å². The number of sulfonamides is 1. The number of H-pyrrole nitrogens is 1. The minimum absolute atomic E-state index is 0.184. The van der Waals surface area contributed by atoms with E-state index in [4.69, 9.17) is 0 Å². The second-order valence-corrected chi connectivity index (χ2v) is 9.79. The molecule has 1 aliphatic rings. The number of benzene rings is 2. The van der Waals surface area contributed by atoms with Crippen LogP contribution in [0.4, 0.5) is 18.9 Å². The van der Waals surface area contributed by atoms with Crippen molar-refractivity contribution in [1.29, 1.82) is 0 Å². The summed E-state index contributed by atoms with van der Waals surface area (Å²) >= 11 is 0. The quantitative estimate of drug-likeness (QED) is 0.356. The maximum absolute atomic E-state index is 15.4. The Morgan fingerprint density at radius 3 is 2.53 bits per heavy atom. The summed E-state index contributed by atoms with van der Waals surface area (Å²) < 4.78 is 70.3. The van der Waals surface area contributed by atoms with Crippen molar-refractivity contribution in [3.63, 3.8) is 0 Å². The van der Waals surface area contributed by atoms with Gasteiger partial charge in [-0.05, 0) is 42.7 Å². The van der Waals surface area contributed by atoms with Crippen LogP contribution in [0, 0.1) is 11.6 Å². The normalized spacial score (nSPS) is 14.9. The molecule has 2 heterocycles. The van der Waals surface area contributed by atoms with Gasteiger partial charge in [0.1, 0.15) is 30.6 Å². The van der Waals surface area contributed by atoms with E-state index in [0.29, 0.717) is 16.7 Å². The summed E-state index contributed by atoms with van der Waals surface area (Å²) in [6, 6.07) is 6.75. The molecule has 34 heavy (non-hydrogen) atoms. The Kier molecular flexibility index (Phi) is 5.53. The van der Waals surface area contributed by atoms with Crippen molar-refractivity contribution in [2.45, 2.75) is 36.4 Å². The Morgan fingerprint density at radius 1 is 1.12 bits per heavy atom. The second-order valence-electron chi connectivity index (χ2n) is 8.11. The second kappa shape index (κ2) is 8.41. The van der Waals surface area contributed by atoms with Crippen LogP contribution in [0.15, 0.2) is 53.8 Å². The number of anilines is 1. The molecule has 0 amide bonds. The van der Waals surface area contributed by atoms with E-state index < -0.39 is 45.7 Å². The lowest BCUT2D eigenvalue weighted by molar-refractivity contribution is 0.210. The number of rotatable bonds is 7. The highest BCUT2D eigenvalue weighted by molar-refractivity contribution is 7.92. The first kappa shape index (κ1) is 22.4. The van der Waals surface area contributed by atoms with Crippen molar-refractivity contribution < 1.29 is 26.7 Å². The summed E-state index contributed by atoms with van der Waals surface area (Å²) in [7, 11) is -4.26. The van der Waals surface area contributed by atoms with Gasteiger partial charge in [-0.2, -0.15) is 0 Å². The van der Waals surface area contributed by atoms with Gasteiger partial charge >= 0.3 is 0 Å². The average Bonchev–Trinajstić information content (AvgIpc) is 3.58. The van der Waals surface area contributed by atoms with Crippen molar-refractivity contribution in [3.05, 3.63) is 82.9 Å². The van der Waals surface area contributed by atoms with Crippen LogP contribution in [0.3, 0.4) is 0 Å². The third-order valence-corrected chi connectivity index (χ3v) is 7.20. The number of aliphatic hydroxyl groups is 1. The number of aromatic nitrogens is 3. The minimum Gasteiger partial charge on any atom is -0.383 e. The molecular formula is C23H19F3N4O3S. The molecule has 0 radical (unpaired) electrons. The van der Waals surface area contributed by atoms with Crippen molar-refractivity contribution in [1.82, 2.24) is 15.0 Å². The number of fused-ring (bicyclic) bond motifs is 1. The van der Waals surface area contributed by atoms with Gasteiger partial charge in [0.15, 0.2) is 5.82 Å². The Hall–Kier alpha value is -3.44. The molecule has 1 aliphatic carbocycles. The molecule has 176 valence electrons. The zero-order valence-corrected chi connectivity index (χ0v) is 18.4. The summed E-state index contributed by atoms with van der Waals surface area (Å²) in [6.07, 6.45) is 2.89. The third kappa shape index (κ3) is 3.90. The van der Waals surface area contributed by atoms with Gasteiger partial charge < -0.3 is 10.1 Å². The van der Waals surface area contributed by atoms with Crippen LogP contribution < -0.4 is 4.72 Å². The lowest BCUT2D eigenvalue weighted by Gasteiger charge is -2.16. The zero-order valence-electron chi connectivity index (χ0n) is 17.6. The molecule has 0 bridgehead atoms. The first-order valence-corrected chi connectivity index (χ1v) is 11.9. The number of halogens is 3. The van der Waals surface area contributed by atoms with Crippen LogP contribution >= 0.6 is 0 Å². The molecule has 1 atom stereocenters. The van der Waals surface area contributed by atoms with Gasteiger partial charge in [-0.3, -0.25) is 4.72 Å². The number of nitrogens with one attached hydrogen (secondary N) is 2. The van der Waals surface area contributed by atoms with Crippen molar-refractivity contribution >= 4 is 26.7 Å². The fourth-order valence-electron chi connectivity index (χ4n) is 3.91. The molecule has 2 aromatic carbocycles. The van der Waals surface area contributed by atoms with E-state index in [1.807, 2.05) is 0 Å². The third-order valence-electron chi connectivity index (χ3n) is 5.82. The summed E-state index contributed by atoms with van der Waals surface area (Å²) in [5.74, 6) is -2.11. The van der Waals surface area contributed by atoms with Crippen LogP contribution in [0.1, 0.15) is 47.2 Å². The summed E-state index contributed by atoms with van der Waals surface area (Å²) in [5, 5.41) is 11.5. The number of hydrogen-bond acceptors (Lipinski definition) is 5. The van der Waals surface area contributed by atoms with Gasteiger partial charge in [-0.25, -0.2) is 31.6 Å². The fraction of sp³-hybridized carbons (Fsp3) is 0.217. The van der Waals surface area contributed by atoms with Crippen LogP contribution in [0.5, 0.6) is 0 Å². The number of aromatic amines is 1. The van der Waals surface area contributed by atoms with Crippen molar-refractivity contribution in [3.8, 4) is 0 Å². The highest BCUT2D eigenvalue weighted by atomic mass is 32.2. The first-order valence-electron chi connectivity index (χ1n) is 10.5.